The quantitative estimate of drug-likeness (QED) is 0.560. The summed E-state index contributed by atoms with van der Waals surface area (Å²) < 4.78 is 1.95. The Morgan fingerprint density at radius 3 is 2.72 bits per heavy atom. The lowest BCUT2D eigenvalue weighted by molar-refractivity contribution is 0.554. The maximum atomic E-state index is 6.26. The predicted octanol–water partition coefficient (Wildman–Crippen LogP) is 2.42. The monoisotopic (exact) mass is 375 g/mol. The van der Waals surface area contributed by atoms with Crippen molar-refractivity contribution >= 4 is 23.2 Å². The molecule has 7 nitrogen and oxygen atoms in total. The maximum absolute atomic E-state index is 6.26. The van der Waals surface area contributed by atoms with Crippen molar-refractivity contribution in [1.29, 1.82) is 0 Å². The third kappa shape index (κ3) is 3.52. The summed E-state index contributed by atoms with van der Waals surface area (Å²) >= 11 is 12.3. The molecule has 3 aromatic rings. The molecular formula is C16H15Cl2N7. The second kappa shape index (κ2) is 7.09. The van der Waals surface area contributed by atoms with Gasteiger partial charge in [0.2, 0.25) is 0 Å². The van der Waals surface area contributed by atoms with E-state index < -0.39 is 0 Å². The molecule has 0 atom stereocenters. The number of imidazole rings is 1. The second-order valence-electron chi connectivity index (χ2n) is 5.59. The first-order valence-corrected chi connectivity index (χ1v) is 8.38. The Hall–Kier alpha value is -2.00. The first kappa shape index (κ1) is 16.5. The van der Waals surface area contributed by atoms with Gasteiger partial charge in [0.1, 0.15) is 11.9 Å². The van der Waals surface area contributed by atoms with E-state index in [1.165, 1.54) is 0 Å². The summed E-state index contributed by atoms with van der Waals surface area (Å²) in [5, 5.41) is 1.12. The fourth-order valence-electron chi connectivity index (χ4n) is 2.63. The van der Waals surface area contributed by atoms with Crippen molar-refractivity contribution in [3.8, 4) is 11.4 Å². The number of benzene rings is 1. The van der Waals surface area contributed by atoms with Crippen molar-refractivity contribution in [3.63, 3.8) is 0 Å². The number of hydrogen-bond donors (Lipinski definition) is 4. The maximum Gasteiger partial charge on any atom is 0.111 e. The third-order valence-electron chi connectivity index (χ3n) is 3.89. The van der Waals surface area contributed by atoms with Crippen molar-refractivity contribution in [3.05, 3.63) is 70.2 Å². The van der Waals surface area contributed by atoms with E-state index in [1.54, 1.807) is 18.6 Å². The highest BCUT2D eigenvalue weighted by Gasteiger charge is 2.16. The highest BCUT2D eigenvalue weighted by atomic mass is 35.5. The summed E-state index contributed by atoms with van der Waals surface area (Å²) in [5.41, 5.74) is 15.3. The fraction of sp³-hybridized carbons (Fsp3) is 0.125. The molecule has 1 aliphatic heterocycles. The molecule has 1 aliphatic rings. The van der Waals surface area contributed by atoms with E-state index in [1.807, 2.05) is 35.0 Å². The number of halogens is 2. The van der Waals surface area contributed by atoms with Gasteiger partial charge in [0.15, 0.2) is 0 Å². The van der Waals surface area contributed by atoms with E-state index in [2.05, 4.69) is 31.9 Å². The first-order valence-electron chi connectivity index (χ1n) is 7.63. The van der Waals surface area contributed by atoms with Crippen molar-refractivity contribution < 1.29 is 0 Å². The molecule has 2 aromatic heterocycles. The molecule has 9 heteroatoms. The van der Waals surface area contributed by atoms with Gasteiger partial charge in [0.25, 0.3) is 0 Å². The molecule has 1 fully saturated rings. The van der Waals surface area contributed by atoms with E-state index in [0.717, 1.165) is 22.5 Å². The Morgan fingerprint density at radius 2 is 1.88 bits per heavy atom. The average molecular weight is 376 g/mol. The summed E-state index contributed by atoms with van der Waals surface area (Å²) in [6.07, 6.45) is 5.42. The largest absolute Gasteiger partial charge is 0.332 e. The zero-order chi connectivity index (χ0) is 17.2. The molecule has 0 bridgehead atoms. The number of pyridine rings is 1. The molecule has 25 heavy (non-hydrogen) atoms. The molecule has 0 spiro atoms. The van der Waals surface area contributed by atoms with Crippen molar-refractivity contribution in [1.82, 2.24) is 36.5 Å². The predicted molar refractivity (Wildman–Crippen MR) is 96.3 cm³/mol. The van der Waals surface area contributed by atoms with Gasteiger partial charge in [-0.3, -0.25) is 4.98 Å². The summed E-state index contributed by atoms with van der Waals surface area (Å²) in [5.74, 6) is 0. The van der Waals surface area contributed by atoms with Crippen LogP contribution in [0.15, 0.2) is 49.1 Å². The Labute approximate surface area is 154 Å². The van der Waals surface area contributed by atoms with Gasteiger partial charge < -0.3 is 4.57 Å². The van der Waals surface area contributed by atoms with Crippen molar-refractivity contribution in [2.75, 3.05) is 0 Å². The lowest BCUT2D eigenvalue weighted by Crippen LogP contribution is -2.33. The van der Waals surface area contributed by atoms with E-state index in [4.69, 9.17) is 23.2 Å². The summed E-state index contributed by atoms with van der Waals surface area (Å²) in [7, 11) is 0. The van der Waals surface area contributed by atoms with Gasteiger partial charge in [0, 0.05) is 12.4 Å². The van der Waals surface area contributed by atoms with Crippen LogP contribution in [0.2, 0.25) is 10.0 Å². The van der Waals surface area contributed by atoms with Gasteiger partial charge in [-0.15, -0.1) is 0 Å². The van der Waals surface area contributed by atoms with Crippen molar-refractivity contribution in [2.24, 2.45) is 0 Å². The minimum atomic E-state index is -0.0471. The van der Waals surface area contributed by atoms with Crippen LogP contribution in [0, 0.1) is 0 Å². The van der Waals surface area contributed by atoms with Crippen LogP contribution >= 0.6 is 23.2 Å². The third-order valence-corrected chi connectivity index (χ3v) is 4.75. The van der Waals surface area contributed by atoms with E-state index in [0.29, 0.717) is 16.6 Å². The molecule has 1 saturated heterocycles. The van der Waals surface area contributed by atoms with Gasteiger partial charge in [0.05, 0.1) is 28.6 Å². The molecule has 4 rings (SSSR count). The zero-order valence-corrected chi connectivity index (χ0v) is 14.5. The Balaban J connectivity index is 1.57. The van der Waals surface area contributed by atoms with Crippen LogP contribution in [0.1, 0.15) is 17.3 Å². The van der Waals surface area contributed by atoms with Gasteiger partial charge in [-0.05, 0) is 29.3 Å². The zero-order valence-electron chi connectivity index (χ0n) is 13.0. The van der Waals surface area contributed by atoms with Gasteiger partial charge in [-0.1, -0.05) is 35.3 Å². The lowest BCUT2D eigenvalue weighted by Gasteiger charge is -2.09. The smallest absolute Gasteiger partial charge is 0.111 e. The van der Waals surface area contributed by atoms with Crippen LogP contribution in [-0.2, 0) is 6.54 Å². The Morgan fingerprint density at radius 1 is 1.04 bits per heavy atom. The number of nitrogens with one attached hydrogen (secondary N) is 4. The van der Waals surface area contributed by atoms with Gasteiger partial charge >= 0.3 is 0 Å². The number of hydrazine groups is 3. The number of nitrogens with zero attached hydrogens (tertiary/aromatic N) is 3. The average Bonchev–Trinajstić information content (AvgIpc) is 3.31. The molecular weight excluding hydrogens is 361 g/mol. The van der Waals surface area contributed by atoms with Gasteiger partial charge in [-0.25, -0.2) is 15.8 Å². The summed E-state index contributed by atoms with van der Waals surface area (Å²) in [4.78, 5) is 8.87. The molecule has 0 radical (unpaired) electrons. The number of rotatable bonds is 4. The van der Waals surface area contributed by atoms with Crippen LogP contribution < -0.4 is 21.9 Å². The topological polar surface area (TPSA) is 78.8 Å². The minimum Gasteiger partial charge on any atom is -0.332 e. The highest BCUT2D eigenvalue weighted by molar-refractivity contribution is 6.42. The van der Waals surface area contributed by atoms with Gasteiger partial charge in [-0.2, -0.15) is 11.1 Å². The Bertz CT molecular complexity index is 890. The molecule has 3 heterocycles. The van der Waals surface area contributed by atoms with Crippen LogP contribution in [0.25, 0.3) is 11.4 Å². The van der Waals surface area contributed by atoms with Crippen LogP contribution in [0.3, 0.4) is 0 Å². The minimum absolute atomic E-state index is 0.0471. The second-order valence-corrected chi connectivity index (χ2v) is 6.38. The SMILES string of the molecule is Clc1cccc(Cn2cnc(-c3cc(C4NNNN4)ccn3)c2)c1Cl. The molecule has 1 aromatic carbocycles. The van der Waals surface area contributed by atoms with Crippen molar-refractivity contribution in [2.45, 2.75) is 12.7 Å². The van der Waals surface area contributed by atoms with Crippen LogP contribution in [0.4, 0.5) is 0 Å². The number of hydrogen-bond acceptors (Lipinski definition) is 6. The standard InChI is InChI=1S/C16H15Cl2N7/c17-12-3-1-2-11(15(12)18)7-25-8-14(20-9-25)13-6-10(4-5-19-13)16-21-23-24-22-16/h1-6,8-9,16,21-24H,7H2. The van der Waals surface area contributed by atoms with E-state index >= 15 is 0 Å². The number of aromatic nitrogens is 3. The highest BCUT2D eigenvalue weighted by Crippen LogP contribution is 2.26. The summed E-state index contributed by atoms with van der Waals surface area (Å²) in [6, 6.07) is 9.53. The molecule has 128 valence electrons. The van der Waals surface area contributed by atoms with E-state index in [-0.39, 0.29) is 6.17 Å². The van der Waals surface area contributed by atoms with E-state index in [9.17, 15) is 0 Å². The Kier molecular flexibility index (Phi) is 4.67. The lowest BCUT2D eigenvalue weighted by atomic mass is 10.1. The molecule has 0 amide bonds. The van der Waals surface area contributed by atoms with Crippen LogP contribution in [-0.4, -0.2) is 14.5 Å². The first-order chi connectivity index (χ1) is 12.2. The summed E-state index contributed by atoms with van der Waals surface area (Å²) in [6.45, 7) is 0.589. The molecule has 0 saturated carbocycles. The molecule has 0 aliphatic carbocycles. The normalized spacial score (nSPS) is 15.0. The fourth-order valence-corrected chi connectivity index (χ4v) is 3.01. The molecule has 4 N–H and O–H groups in total. The van der Waals surface area contributed by atoms with Crippen LogP contribution in [0.5, 0.6) is 0 Å². The molecule has 0 unspecified atom stereocenters.